The summed E-state index contributed by atoms with van der Waals surface area (Å²) in [5, 5.41) is 0. The molecule has 0 heterocycles. The van der Waals surface area contributed by atoms with Gasteiger partial charge in [0.25, 0.3) is 0 Å². The zero-order chi connectivity index (χ0) is 12.3. The summed E-state index contributed by atoms with van der Waals surface area (Å²) < 4.78 is 10.2. The van der Waals surface area contributed by atoms with Crippen LogP contribution < -0.4 is 0 Å². The Morgan fingerprint density at radius 2 is 1.07 bits per heavy atom. The van der Waals surface area contributed by atoms with Crippen molar-refractivity contribution in [3.8, 4) is 0 Å². The Kier molecular flexibility index (Phi) is 4.73. The van der Waals surface area contributed by atoms with E-state index in [0.29, 0.717) is 0 Å². The zero-order valence-corrected chi connectivity index (χ0v) is 12.2. The second kappa shape index (κ2) is 4.93. The Balaban J connectivity index is 4.04. The highest BCUT2D eigenvalue weighted by Gasteiger charge is 2.25. The van der Waals surface area contributed by atoms with E-state index in [0.717, 1.165) is 6.42 Å². The highest BCUT2D eigenvalue weighted by atomic mass is 28.4. The van der Waals surface area contributed by atoms with Crippen molar-refractivity contribution in [3.05, 3.63) is 6.42 Å². The van der Waals surface area contributed by atoms with E-state index >= 15 is 0 Å². The van der Waals surface area contributed by atoms with Gasteiger partial charge in [0, 0.05) is 0 Å². The highest BCUT2D eigenvalue weighted by Crippen LogP contribution is 2.07. The van der Waals surface area contributed by atoms with Crippen LogP contribution in [0.15, 0.2) is 0 Å². The summed E-state index contributed by atoms with van der Waals surface area (Å²) in [7, 11) is -3.85. The van der Waals surface area contributed by atoms with Crippen LogP contribution in [0.1, 0.15) is 0 Å². The average molecular weight is 247 g/mol. The summed E-state index contributed by atoms with van der Waals surface area (Å²) in [6, 6.07) is 0. The quantitative estimate of drug-likeness (QED) is 0.563. The first-order chi connectivity index (χ1) is 6.49. The topological polar surface area (TPSA) is 52.6 Å². The Hall–Kier alpha value is -0.626. The molecular formula is C9H19O4Si2. The van der Waals surface area contributed by atoms with E-state index in [9.17, 15) is 9.59 Å². The van der Waals surface area contributed by atoms with Gasteiger partial charge in [-0.3, -0.25) is 9.59 Å². The molecule has 0 bridgehead atoms. The van der Waals surface area contributed by atoms with Gasteiger partial charge in [-0.25, -0.2) is 0 Å². The van der Waals surface area contributed by atoms with Gasteiger partial charge < -0.3 is 8.85 Å². The normalized spacial score (nSPS) is 12.1. The predicted octanol–water partition coefficient (Wildman–Crippen LogP) is 1.95. The fraction of sp³-hybridized carbons (Fsp3) is 0.667. The molecule has 0 aromatic carbocycles. The van der Waals surface area contributed by atoms with Crippen LogP contribution in [0.3, 0.4) is 0 Å². The molecule has 0 spiro atoms. The molecule has 0 aromatic heterocycles. The van der Waals surface area contributed by atoms with Crippen LogP contribution in [0.2, 0.25) is 39.3 Å². The monoisotopic (exact) mass is 247 g/mol. The first kappa shape index (κ1) is 14.4. The lowest BCUT2D eigenvalue weighted by molar-refractivity contribution is -0.138. The molecular weight excluding hydrogens is 228 g/mol. The number of rotatable bonds is 4. The number of carbonyl (C=O) groups excluding carboxylic acids is 2. The maximum absolute atomic E-state index is 11.2. The molecule has 0 amide bonds. The molecule has 0 unspecified atom stereocenters. The molecule has 0 saturated heterocycles. The smallest absolute Gasteiger partial charge is 0.308 e. The standard InChI is InChI=1S/C9H19O4Si2/c1-14(2,3)12-8(10)7-9(11)13-15(4,5)6/h7H,1-6H3. The first-order valence-corrected chi connectivity index (χ1v) is 11.6. The van der Waals surface area contributed by atoms with Crippen LogP contribution in [-0.4, -0.2) is 28.6 Å². The number of carbonyl (C=O) groups is 2. The van der Waals surface area contributed by atoms with E-state index in [4.69, 9.17) is 8.85 Å². The van der Waals surface area contributed by atoms with Crippen molar-refractivity contribution < 1.29 is 18.4 Å². The summed E-state index contributed by atoms with van der Waals surface area (Å²) in [5.41, 5.74) is 0. The molecule has 0 aromatic rings. The van der Waals surface area contributed by atoms with Crippen molar-refractivity contribution >= 4 is 28.6 Å². The lowest BCUT2D eigenvalue weighted by Crippen LogP contribution is -2.34. The maximum atomic E-state index is 11.2. The molecule has 15 heavy (non-hydrogen) atoms. The molecule has 4 nitrogen and oxygen atoms in total. The third-order valence-electron chi connectivity index (χ3n) is 1.05. The molecule has 0 aliphatic carbocycles. The third kappa shape index (κ3) is 9.67. The molecule has 1 radical (unpaired) electrons. The average Bonchev–Trinajstić information content (AvgIpc) is 1.73. The van der Waals surface area contributed by atoms with E-state index in [2.05, 4.69) is 0 Å². The number of hydrogen-bond donors (Lipinski definition) is 0. The molecule has 0 N–H and O–H groups in total. The van der Waals surface area contributed by atoms with Gasteiger partial charge in [0.2, 0.25) is 16.6 Å². The molecule has 0 aliphatic heterocycles. The molecule has 0 aliphatic rings. The van der Waals surface area contributed by atoms with Crippen LogP contribution in [0, 0.1) is 6.42 Å². The lowest BCUT2D eigenvalue weighted by Gasteiger charge is -2.19. The van der Waals surface area contributed by atoms with Gasteiger partial charge in [-0.2, -0.15) is 0 Å². The summed E-state index contributed by atoms with van der Waals surface area (Å²) >= 11 is 0. The van der Waals surface area contributed by atoms with Gasteiger partial charge in [-0.1, -0.05) is 0 Å². The second-order valence-corrected chi connectivity index (χ2v) is 14.1. The van der Waals surface area contributed by atoms with Crippen molar-refractivity contribution in [1.82, 2.24) is 0 Å². The minimum Gasteiger partial charge on any atom is -0.519 e. The Bertz CT molecular complexity index is 224. The van der Waals surface area contributed by atoms with Crippen LogP contribution in [0.25, 0.3) is 0 Å². The minimum absolute atomic E-state index is 0.600. The summed E-state index contributed by atoms with van der Waals surface area (Å²) in [5.74, 6) is -1.20. The Morgan fingerprint density at radius 1 is 0.800 bits per heavy atom. The van der Waals surface area contributed by atoms with E-state index in [1.807, 2.05) is 39.3 Å². The van der Waals surface area contributed by atoms with Crippen molar-refractivity contribution in [2.24, 2.45) is 0 Å². The Labute approximate surface area is 93.2 Å². The van der Waals surface area contributed by atoms with Crippen LogP contribution in [0.4, 0.5) is 0 Å². The highest BCUT2D eigenvalue weighted by molar-refractivity contribution is 6.72. The predicted molar refractivity (Wildman–Crippen MR) is 63.2 cm³/mol. The SMILES string of the molecule is C[Si](C)(C)OC(=O)[CH]C(=O)O[Si](C)(C)C. The molecule has 87 valence electrons. The molecule has 6 heteroatoms. The van der Waals surface area contributed by atoms with Crippen LogP contribution in [0.5, 0.6) is 0 Å². The molecule has 0 rings (SSSR count). The van der Waals surface area contributed by atoms with Gasteiger partial charge in [0.15, 0.2) is 6.42 Å². The van der Waals surface area contributed by atoms with Gasteiger partial charge in [0.05, 0.1) is 0 Å². The van der Waals surface area contributed by atoms with Gasteiger partial charge in [-0.15, -0.1) is 0 Å². The van der Waals surface area contributed by atoms with Crippen molar-refractivity contribution in [1.29, 1.82) is 0 Å². The minimum atomic E-state index is -1.92. The van der Waals surface area contributed by atoms with Crippen molar-refractivity contribution in [3.63, 3.8) is 0 Å². The molecule has 0 fully saturated rings. The zero-order valence-electron chi connectivity index (χ0n) is 10.2. The van der Waals surface area contributed by atoms with Crippen molar-refractivity contribution in [2.75, 3.05) is 0 Å². The number of hydrogen-bond acceptors (Lipinski definition) is 4. The maximum Gasteiger partial charge on any atom is 0.308 e. The summed E-state index contributed by atoms with van der Waals surface area (Å²) in [4.78, 5) is 22.5. The van der Waals surface area contributed by atoms with Gasteiger partial charge >= 0.3 is 11.9 Å². The summed E-state index contributed by atoms with van der Waals surface area (Å²) in [6.45, 7) is 11.3. The summed E-state index contributed by atoms with van der Waals surface area (Å²) in [6.07, 6.45) is 0.885. The second-order valence-electron chi connectivity index (χ2n) is 5.21. The van der Waals surface area contributed by atoms with Crippen LogP contribution in [-0.2, 0) is 18.4 Å². The van der Waals surface area contributed by atoms with Crippen LogP contribution >= 0.6 is 0 Å². The first-order valence-electron chi connectivity index (χ1n) is 4.80. The fourth-order valence-corrected chi connectivity index (χ4v) is 2.08. The molecule has 0 saturated carbocycles. The van der Waals surface area contributed by atoms with Gasteiger partial charge in [-0.05, 0) is 39.3 Å². The van der Waals surface area contributed by atoms with E-state index in [1.54, 1.807) is 0 Å². The van der Waals surface area contributed by atoms with E-state index in [-0.39, 0.29) is 0 Å². The third-order valence-corrected chi connectivity index (χ3v) is 2.68. The van der Waals surface area contributed by atoms with Gasteiger partial charge in [0.1, 0.15) is 0 Å². The largest absolute Gasteiger partial charge is 0.519 e. The fourth-order valence-electron chi connectivity index (χ4n) is 0.759. The van der Waals surface area contributed by atoms with E-state index < -0.39 is 28.6 Å². The molecule has 0 atom stereocenters. The Morgan fingerprint density at radius 3 is 1.27 bits per heavy atom. The lowest BCUT2D eigenvalue weighted by atomic mass is 10.5. The van der Waals surface area contributed by atoms with Crippen molar-refractivity contribution in [2.45, 2.75) is 39.3 Å². The van der Waals surface area contributed by atoms with E-state index in [1.165, 1.54) is 0 Å².